The third kappa shape index (κ3) is 1.70. The minimum absolute atomic E-state index is 0.288. The van der Waals surface area contributed by atoms with Crippen LogP contribution in [0.4, 0.5) is 0 Å². The Morgan fingerprint density at radius 2 is 2.33 bits per heavy atom. The Hall–Kier alpha value is -1.48. The van der Waals surface area contributed by atoms with Crippen LogP contribution in [0.2, 0.25) is 0 Å². The van der Waals surface area contributed by atoms with E-state index in [0.29, 0.717) is 11.5 Å². The average molecular weight is 224 g/mol. The zero-order chi connectivity index (χ0) is 11.0. The number of carboxylic acids is 1. The molecule has 0 unspecified atom stereocenters. The second-order valence-corrected chi connectivity index (χ2v) is 3.87. The fourth-order valence-corrected chi connectivity index (χ4v) is 1.94. The van der Waals surface area contributed by atoms with Crippen molar-refractivity contribution in [1.82, 2.24) is 4.57 Å². The molecule has 0 fully saturated rings. The third-order valence-corrected chi connectivity index (χ3v) is 2.73. The maximum Gasteiger partial charge on any atom is 0.352 e. The molecular formula is C11H10ClNO2. The lowest BCUT2D eigenvalue weighted by Gasteiger charge is -2.02. The summed E-state index contributed by atoms with van der Waals surface area (Å²) >= 11 is 5.91. The van der Waals surface area contributed by atoms with Crippen molar-refractivity contribution in [2.45, 2.75) is 6.42 Å². The molecule has 1 heterocycles. The smallest absolute Gasteiger partial charge is 0.352 e. The summed E-state index contributed by atoms with van der Waals surface area (Å²) in [5.41, 5.74) is 2.14. The highest BCUT2D eigenvalue weighted by atomic mass is 35.5. The van der Waals surface area contributed by atoms with Crippen LogP contribution in [0.3, 0.4) is 0 Å². The van der Waals surface area contributed by atoms with Crippen LogP contribution in [0, 0.1) is 0 Å². The number of rotatable bonds is 1. The predicted molar refractivity (Wildman–Crippen MR) is 59.0 cm³/mol. The van der Waals surface area contributed by atoms with Gasteiger partial charge in [-0.25, -0.2) is 4.79 Å². The van der Waals surface area contributed by atoms with Crippen LogP contribution >= 0.6 is 11.6 Å². The van der Waals surface area contributed by atoms with Crippen molar-refractivity contribution in [2.24, 2.45) is 7.05 Å². The monoisotopic (exact) mass is 223 g/mol. The molecule has 3 nitrogen and oxygen atoms in total. The van der Waals surface area contributed by atoms with E-state index in [1.165, 1.54) is 0 Å². The summed E-state index contributed by atoms with van der Waals surface area (Å²) in [4.78, 5) is 10.9. The maximum absolute atomic E-state index is 10.9. The van der Waals surface area contributed by atoms with Crippen LogP contribution < -0.4 is 0 Å². The van der Waals surface area contributed by atoms with E-state index in [0.717, 1.165) is 11.3 Å². The minimum atomic E-state index is -0.918. The summed E-state index contributed by atoms with van der Waals surface area (Å²) in [5, 5.41) is 9.58. The number of aromatic nitrogens is 1. The fourth-order valence-electron chi connectivity index (χ4n) is 1.73. The van der Waals surface area contributed by atoms with Gasteiger partial charge in [0.25, 0.3) is 0 Å². The molecule has 0 saturated heterocycles. The quantitative estimate of drug-likeness (QED) is 0.795. The van der Waals surface area contributed by atoms with E-state index in [-0.39, 0.29) is 5.69 Å². The van der Waals surface area contributed by atoms with Gasteiger partial charge in [0.1, 0.15) is 5.69 Å². The van der Waals surface area contributed by atoms with E-state index in [1.54, 1.807) is 23.8 Å². The van der Waals surface area contributed by atoms with Crippen LogP contribution in [0.15, 0.2) is 23.3 Å². The van der Waals surface area contributed by atoms with Gasteiger partial charge in [0.05, 0.1) is 0 Å². The first-order valence-electron chi connectivity index (χ1n) is 4.55. The molecule has 0 aliphatic heterocycles. The largest absolute Gasteiger partial charge is 0.477 e. The minimum Gasteiger partial charge on any atom is -0.477 e. The first-order valence-corrected chi connectivity index (χ1v) is 4.93. The predicted octanol–water partition coefficient (Wildman–Crippen LogP) is 2.42. The van der Waals surface area contributed by atoms with Crippen molar-refractivity contribution in [2.75, 3.05) is 0 Å². The molecule has 4 heteroatoms. The number of hydrogen-bond donors (Lipinski definition) is 1. The summed E-state index contributed by atoms with van der Waals surface area (Å²) in [5.74, 6) is -0.918. The van der Waals surface area contributed by atoms with E-state index in [4.69, 9.17) is 16.7 Å². The van der Waals surface area contributed by atoms with Gasteiger partial charge in [0.2, 0.25) is 0 Å². The molecule has 0 atom stereocenters. The highest BCUT2D eigenvalue weighted by Gasteiger charge is 2.16. The highest BCUT2D eigenvalue weighted by Crippen LogP contribution is 2.23. The Labute approximate surface area is 92.3 Å². The maximum atomic E-state index is 10.9. The molecule has 2 rings (SSSR count). The first-order chi connectivity index (χ1) is 7.09. The number of halogens is 1. The molecule has 1 N–H and O–H groups in total. The van der Waals surface area contributed by atoms with Crippen molar-refractivity contribution in [1.29, 1.82) is 0 Å². The van der Waals surface area contributed by atoms with E-state index < -0.39 is 5.97 Å². The molecule has 1 aromatic heterocycles. The lowest BCUT2D eigenvalue weighted by molar-refractivity contribution is 0.0686. The molecule has 15 heavy (non-hydrogen) atoms. The lowest BCUT2D eigenvalue weighted by atomic mass is 10.2. The molecular weight excluding hydrogens is 214 g/mol. The highest BCUT2D eigenvalue weighted by molar-refractivity contribution is 6.33. The van der Waals surface area contributed by atoms with Crippen LogP contribution in [0.1, 0.15) is 21.7 Å². The van der Waals surface area contributed by atoms with Gasteiger partial charge in [-0.3, -0.25) is 0 Å². The van der Waals surface area contributed by atoms with Crippen LogP contribution in [-0.4, -0.2) is 15.6 Å². The molecule has 0 bridgehead atoms. The lowest BCUT2D eigenvalue weighted by Crippen LogP contribution is -2.06. The van der Waals surface area contributed by atoms with Crippen molar-refractivity contribution in [3.05, 3.63) is 40.2 Å². The van der Waals surface area contributed by atoms with Gasteiger partial charge in [-0.15, -0.1) is 0 Å². The topological polar surface area (TPSA) is 42.2 Å². The van der Waals surface area contributed by atoms with Gasteiger partial charge in [0, 0.05) is 24.2 Å². The van der Waals surface area contributed by atoms with Crippen molar-refractivity contribution in [3.8, 4) is 0 Å². The zero-order valence-electron chi connectivity index (χ0n) is 8.20. The molecule has 0 aromatic carbocycles. The number of carbonyl (C=O) groups is 1. The van der Waals surface area contributed by atoms with E-state index in [1.807, 2.05) is 12.2 Å². The number of fused-ring (bicyclic) bond motifs is 1. The molecule has 78 valence electrons. The molecule has 0 amide bonds. The second-order valence-electron chi connectivity index (χ2n) is 3.43. The Kier molecular flexibility index (Phi) is 2.40. The number of allylic oxidation sites excluding steroid dienone is 3. The van der Waals surface area contributed by atoms with Gasteiger partial charge in [-0.1, -0.05) is 17.7 Å². The molecule has 0 saturated carbocycles. The molecule has 1 aromatic rings. The standard InChI is InChI=1S/C11H10ClNO2/c1-13-9-4-2-3-8(12)5-7(9)6-10(13)11(14)15/h2-3,5-6H,4H2,1H3,(H,14,15). The Bertz CT molecular complexity index is 483. The fraction of sp³-hybridized carbons (Fsp3) is 0.182. The van der Waals surface area contributed by atoms with Crippen LogP contribution in [-0.2, 0) is 13.5 Å². The Morgan fingerprint density at radius 3 is 3.00 bits per heavy atom. The van der Waals surface area contributed by atoms with Crippen molar-refractivity contribution in [3.63, 3.8) is 0 Å². The third-order valence-electron chi connectivity index (χ3n) is 2.49. The van der Waals surface area contributed by atoms with E-state index >= 15 is 0 Å². The van der Waals surface area contributed by atoms with Gasteiger partial charge in [0.15, 0.2) is 0 Å². The first kappa shape index (κ1) is 10.1. The van der Waals surface area contributed by atoms with Crippen LogP contribution in [0.5, 0.6) is 0 Å². The van der Waals surface area contributed by atoms with E-state index in [9.17, 15) is 4.79 Å². The second kappa shape index (κ2) is 3.59. The molecule has 1 aliphatic carbocycles. The molecule has 0 spiro atoms. The normalized spacial score (nSPS) is 14.4. The van der Waals surface area contributed by atoms with Gasteiger partial charge in [-0.05, 0) is 23.8 Å². The average Bonchev–Trinajstić information content (AvgIpc) is 2.37. The number of nitrogens with zero attached hydrogens (tertiary/aromatic N) is 1. The SMILES string of the molecule is Cn1c(C(=O)O)cc2c1CC=CC(Cl)=C2. The summed E-state index contributed by atoms with van der Waals surface area (Å²) in [6.07, 6.45) is 6.23. The van der Waals surface area contributed by atoms with Gasteiger partial charge in [-0.2, -0.15) is 0 Å². The van der Waals surface area contributed by atoms with Gasteiger partial charge >= 0.3 is 5.97 Å². The van der Waals surface area contributed by atoms with Crippen LogP contribution in [0.25, 0.3) is 6.08 Å². The Balaban J connectivity index is 2.60. The van der Waals surface area contributed by atoms with Crippen molar-refractivity contribution < 1.29 is 9.90 Å². The number of hydrogen-bond acceptors (Lipinski definition) is 1. The van der Waals surface area contributed by atoms with E-state index in [2.05, 4.69) is 0 Å². The van der Waals surface area contributed by atoms with Gasteiger partial charge < -0.3 is 9.67 Å². The summed E-state index contributed by atoms with van der Waals surface area (Å²) in [7, 11) is 1.75. The molecule has 1 aliphatic rings. The number of aromatic carboxylic acids is 1. The molecule has 0 radical (unpaired) electrons. The summed E-state index contributed by atoms with van der Waals surface area (Å²) in [6.45, 7) is 0. The summed E-state index contributed by atoms with van der Waals surface area (Å²) < 4.78 is 1.69. The summed E-state index contributed by atoms with van der Waals surface area (Å²) in [6, 6.07) is 1.65. The zero-order valence-corrected chi connectivity index (χ0v) is 8.95. The van der Waals surface area contributed by atoms with Crippen molar-refractivity contribution >= 4 is 23.6 Å². The Morgan fingerprint density at radius 1 is 1.60 bits per heavy atom. The number of carboxylic acid groups (broad SMARTS) is 1.